The summed E-state index contributed by atoms with van der Waals surface area (Å²) in [5.41, 5.74) is 12.1. The SMILES string of the molecule is CCOC(=O)c1ccc(/C=C/C(=O)C(N)c2cccn2-c2ccc(Cl)c(COc3cccc4c(N5CCOCC5)cc(C)nc34)c2Cl)cc1. The first-order valence-electron chi connectivity index (χ1n) is 16.0. The van der Waals surface area contributed by atoms with Crippen LogP contribution in [0, 0.1) is 6.92 Å². The molecule has 0 radical (unpaired) electrons. The Morgan fingerprint density at radius 1 is 1.02 bits per heavy atom. The topological polar surface area (TPSA) is 109 Å². The van der Waals surface area contributed by atoms with Crippen LogP contribution in [0.4, 0.5) is 5.69 Å². The number of aromatic nitrogens is 2. The number of carbonyl (C=O) groups excluding carboxylic acids is 2. The number of hydrogen-bond acceptors (Lipinski definition) is 8. The van der Waals surface area contributed by atoms with Crippen molar-refractivity contribution in [1.29, 1.82) is 0 Å². The Labute approximate surface area is 294 Å². The molecule has 0 aliphatic carbocycles. The molecular formula is C38H36Cl2N4O5. The second kappa shape index (κ2) is 15.3. The van der Waals surface area contributed by atoms with E-state index in [9.17, 15) is 9.59 Å². The Morgan fingerprint density at radius 2 is 1.80 bits per heavy atom. The van der Waals surface area contributed by atoms with Crippen molar-refractivity contribution in [2.24, 2.45) is 5.73 Å². The van der Waals surface area contributed by atoms with Crippen molar-refractivity contribution < 1.29 is 23.8 Å². The smallest absolute Gasteiger partial charge is 0.338 e. The van der Waals surface area contributed by atoms with Crippen molar-refractivity contribution in [3.8, 4) is 11.4 Å². The molecule has 0 spiro atoms. The highest BCUT2D eigenvalue weighted by atomic mass is 35.5. The molecule has 1 atom stereocenters. The van der Waals surface area contributed by atoms with Crippen LogP contribution in [-0.2, 0) is 20.9 Å². The van der Waals surface area contributed by atoms with Gasteiger partial charge in [0.05, 0.1) is 36.1 Å². The number of rotatable bonds is 11. The van der Waals surface area contributed by atoms with Gasteiger partial charge in [-0.1, -0.05) is 53.5 Å². The van der Waals surface area contributed by atoms with Gasteiger partial charge >= 0.3 is 5.97 Å². The lowest BCUT2D eigenvalue weighted by atomic mass is 10.1. The van der Waals surface area contributed by atoms with Gasteiger partial charge in [-0.15, -0.1) is 0 Å². The second-order valence-electron chi connectivity index (χ2n) is 11.5. The molecule has 0 saturated carbocycles. The maximum absolute atomic E-state index is 13.2. The fourth-order valence-corrected chi connectivity index (χ4v) is 6.37. The van der Waals surface area contributed by atoms with Crippen LogP contribution in [0.15, 0.2) is 85.1 Å². The van der Waals surface area contributed by atoms with E-state index < -0.39 is 12.0 Å². The van der Waals surface area contributed by atoms with Gasteiger partial charge in [0.2, 0.25) is 0 Å². The summed E-state index contributed by atoms with van der Waals surface area (Å²) in [6, 6.07) is 20.9. The van der Waals surface area contributed by atoms with E-state index in [-0.39, 0.29) is 12.4 Å². The molecule has 11 heteroatoms. The predicted octanol–water partition coefficient (Wildman–Crippen LogP) is 7.52. The number of carbonyl (C=O) groups is 2. The third-order valence-corrected chi connectivity index (χ3v) is 9.10. The van der Waals surface area contributed by atoms with Crippen LogP contribution in [0.1, 0.15) is 45.8 Å². The molecule has 3 heterocycles. The summed E-state index contributed by atoms with van der Waals surface area (Å²) in [5, 5.41) is 1.81. The standard InChI is InChI=1S/C38H36Cl2N4O5/c1-3-48-38(46)26-12-9-25(10-13-26)11-16-33(45)36(41)31-7-5-17-44(31)30-15-14-29(39)28(35(30)40)23-49-34-8-4-6-27-32(22-24(2)42-37(27)34)43-18-20-47-21-19-43/h4-17,22,36H,3,18-21,23,41H2,1-2H3/b16-11+. The molecule has 0 amide bonds. The minimum absolute atomic E-state index is 0.0897. The summed E-state index contributed by atoms with van der Waals surface area (Å²) in [7, 11) is 0. The van der Waals surface area contributed by atoms with Gasteiger partial charge in [0.15, 0.2) is 5.78 Å². The van der Waals surface area contributed by atoms with Crippen LogP contribution in [0.5, 0.6) is 5.75 Å². The maximum Gasteiger partial charge on any atom is 0.338 e. The summed E-state index contributed by atoms with van der Waals surface area (Å²) in [4.78, 5) is 32.3. The quantitative estimate of drug-likeness (QED) is 0.112. The third kappa shape index (κ3) is 7.50. The van der Waals surface area contributed by atoms with E-state index in [1.807, 2.05) is 19.1 Å². The van der Waals surface area contributed by atoms with Gasteiger partial charge in [-0.3, -0.25) is 4.79 Å². The highest BCUT2D eigenvalue weighted by Crippen LogP contribution is 2.36. The number of aryl methyl sites for hydroxylation is 1. The first-order chi connectivity index (χ1) is 23.7. The predicted molar refractivity (Wildman–Crippen MR) is 193 cm³/mol. The van der Waals surface area contributed by atoms with E-state index in [1.165, 1.54) is 6.08 Å². The maximum atomic E-state index is 13.2. The summed E-state index contributed by atoms with van der Waals surface area (Å²) in [6.45, 7) is 7.08. The van der Waals surface area contributed by atoms with Crippen molar-refractivity contribution >= 4 is 57.6 Å². The number of pyridine rings is 1. The van der Waals surface area contributed by atoms with Gasteiger partial charge in [0.1, 0.15) is 23.9 Å². The molecule has 6 rings (SSSR count). The Morgan fingerprint density at radius 3 is 2.55 bits per heavy atom. The van der Waals surface area contributed by atoms with Gasteiger partial charge in [0.25, 0.3) is 0 Å². The third-order valence-electron chi connectivity index (χ3n) is 8.33. The number of ketones is 1. The number of nitrogens with zero attached hydrogens (tertiary/aromatic N) is 3. The van der Waals surface area contributed by atoms with Crippen molar-refractivity contribution in [1.82, 2.24) is 9.55 Å². The molecule has 1 saturated heterocycles. The number of morpholine rings is 1. The van der Waals surface area contributed by atoms with Gasteiger partial charge in [-0.2, -0.15) is 0 Å². The number of esters is 1. The van der Waals surface area contributed by atoms with E-state index in [0.717, 1.165) is 40.9 Å². The number of nitrogens with two attached hydrogens (primary N) is 1. The van der Waals surface area contributed by atoms with Crippen LogP contribution in [0.3, 0.4) is 0 Å². The normalized spacial score (nSPS) is 13.9. The van der Waals surface area contributed by atoms with Crippen LogP contribution in [0.25, 0.3) is 22.7 Å². The van der Waals surface area contributed by atoms with Crippen LogP contribution in [0.2, 0.25) is 10.0 Å². The zero-order valence-electron chi connectivity index (χ0n) is 27.2. The highest BCUT2D eigenvalue weighted by Gasteiger charge is 2.22. The number of hydrogen-bond donors (Lipinski definition) is 1. The number of para-hydroxylation sites is 1. The molecule has 1 fully saturated rings. The number of ether oxygens (including phenoxy) is 3. The molecule has 5 aromatic rings. The molecule has 0 bridgehead atoms. The van der Waals surface area contributed by atoms with Gasteiger partial charge in [-0.05, 0) is 74.0 Å². The molecule has 1 unspecified atom stereocenters. The number of fused-ring (bicyclic) bond motifs is 1. The van der Waals surface area contributed by atoms with E-state index in [0.29, 0.717) is 58.1 Å². The van der Waals surface area contributed by atoms with E-state index in [1.54, 1.807) is 72.3 Å². The number of anilines is 1. The van der Waals surface area contributed by atoms with Crippen molar-refractivity contribution in [3.05, 3.63) is 123 Å². The lowest BCUT2D eigenvalue weighted by molar-refractivity contribution is -0.115. The average molecular weight is 700 g/mol. The lowest BCUT2D eigenvalue weighted by Crippen LogP contribution is -2.36. The molecule has 3 aromatic carbocycles. The minimum Gasteiger partial charge on any atom is -0.487 e. The van der Waals surface area contributed by atoms with E-state index >= 15 is 0 Å². The van der Waals surface area contributed by atoms with E-state index in [2.05, 4.69) is 17.0 Å². The molecule has 2 N–H and O–H groups in total. The summed E-state index contributed by atoms with van der Waals surface area (Å²) in [5.74, 6) is -0.0886. The summed E-state index contributed by atoms with van der Waals surface area (Å²) < 4.78 is 18.7. The lowest BCUT2D eigenvalue weighted by Gasteiger charge is -2.30. The van der Waals surface area contributed by atoms with Crippen LogP contribution >= 0.6 is 23.2 Å². The molecular weight excluding hydrogens is 663 g/mol. The fourth-order valence-electron chi connectivity index (χ4n) is 5.80. The highest BCUT2D eigenvalue weighted by molar-refractivity contribution is 6.37. The first-order valence-corrected chi connectivity index (χ1v) is 16.8. The zero-order chi connectivity index (χ0) is 34.5. The summed E-state index contributed by atoms with van der Waals surface area (Å²) in [6.07, 6.45) is 4.88. The zero-order valence-corrected chi connectivity index (χ0v) is 28.7. The van der Waals surface area contributed by atoms with Gasteiger partial charge in [-0.25, -0.2) is 9.78 Å². The largest absolute Gasteiger partial charge is 0.487 e. The molecule has 252 valence electrons. The molecule has 49 heavy (non-hydrogen) atoms. The second-order valence-corrected chi connectivity index (χ2v) is 12.3. The summed E-state index contributed by atoms with van der Waals surface area (Å²) >= 11 is 13.7. The number of halogens is 2. The minimum atomic E-state index is -0.970. The van der Waals surface area contributed by atoms with Crippen molar-refractivity contribution in [3.63, 3.8) is 0 Å². The van der Waals surface area contributed by atoms with Crippen LogP contribution in [-0.4, -0.2) is 54.2 Å². The Kier molecular flexibility index (Phi) is 10.7. The van der Waals surface area contributed by atoms with Gasteiger partial charge in [0, 0.05) is 52.3 Å². The van der Waals surface area contributed by atoms with Crippen molar-refractivity contribution in [2.45, 2.75) is 26.5 Å². The monoisotopic (exact) mass is 698 g/mol. The molecule has 1 aliphatic heterocycles. The van der Waals surface area contributed by atoms with E-state index in [4.69, 9.17) is 48.1 Å². The molecule has 2 aromatic heterocycles. The van der Waals surface area contributed by atoms with Crippen molar-refractivity contribution in [2.75, 3.05) is 37.8 Å². The molecule has 1 aliphatic rings. The van der Waals surface area contributed by atoms with Gasteiger partial charge < -0.3 is 29.4 Å². The Balaban J connectivity index is 1.21. The fraction of sp³-hybridized carbons (Fsp3) is 0.237. The van der Waals surface area contributed by atoms with Crippen LogP contribution < -0.4 is 15.4 Å². The first kappa shape index (κ1) is 34.2. The Hall–Kier alpha value is -4.67. The Bertz CT molecular complexity index is 2020. The average Bonchev–Trinajstić information content (AvgIpc) is 3.60. The molecule has 9 nitrogen and oxygen atoms in total. The number of benzene rings is 3.